The number of ether oxygens (including phenoxy) is 1. The van der Waals surface area contributed by atoms with Crippen molar-refractivity contribution < 1.29 is 19.4 Å². The lowest BCUT2D eigenvalue weighted by Gasteiger charge is -2.33. The summed E-state index contributed by atoms with van der Waals surface area (Å²) in [6, 6.07) is 0.0795. The molecule has 1 aliphatic rings. The highest BCUT2D eigenvalue weighted by molar-refractivity contribution is 5.69. The van der Waals surface area contributed by atoms with E-state index in [0.717, 1.165) is 25.7 Å². The molecule has 1 N–H and O–H groups in total. The number of amides is 1. The Morgan fingerprint density at radius 2 is 2.19 bits per heavy atom. The van der Waals surface area contributed by atoms with Gasteiger partial charge < -0.3 is 14.7 Å². The second-order valence-corrected chi connectivity index (χ2v) is 4.09. The predicted molar refractivity (Wildman–Crippen MR) is 58.2 cm³/mol. The van der Waals surface area contributed by atoms with Crippen LogP contribution in [-0.2, 0) is 9.53 Å². The first-order valence-electron chi connectivity index (χ1n) is 5.71. The Hall–Kier alpha value is -1.26. The van der Waals surface area contributed by atoms with Gasteiger partial charge in [0.1, 0.15) is 0 Å². The zero-order valence-corrected chi connectivity index (χ0v) is 9.65. The summed E-state index contributed by atoms with van der Waals surface area (Å²) in [4.78, 5) is 23.4. The summed E-state index contributed by atoms with van der Waals surface area (Å²) < 4.78 is 4.55. The van der Waals surface area contributed by atoms with Gasteiger partial charge in [-0.15, -0.1) is 0 Å². The van der Waals surface area contributed by atoms with Gasteiger partial charge >= 0.3 is 12.1 Å². The fraction of sp³-hybridized carbons (Fsp3) is 0.818. The fourth-order valence-corrected chi connectivity index (χ4v) is 2.14. The quantitative estimate of drug-likeness (QED) is 0.747. The van der Waals surface area contributed by atoms with Gasteiger partial charge in [-0.05, 0) is 32.1 Å². The number of piperidine rings is 1. The molecule has 0 spiro atoms. The van der Waals surface area contributed by atoms with Crippen molar-refractivity contribution >= 4 is 12.1 Å². The van der Waals surface area contributed by atoms with E-state index in [4.69, 9.17) is 5.11 Å². The van der Waals surface area contributed by atoms with E-state index >= 15 is 0 Å². The van der Waals surface area contributed by atoms with Gasteiger partial charge in [0.25, 0.3) is 0 Å². The van der Waals surface area contributed by atoms with Crippen molar-refractivity contribution in [1.29, 1.82) is 0 Å². The van der Waals surface area contributed by atoms with Gasteiger partial charge in [0.15, 0.2) is 0 Å². The maximum Gasteiger partial charge on any atom is 0.407 e. The summed E-state index contributed by atoms with van der Waals surface area (Å²) in [6.45, 7) is 0.623. The highest BCUT2D eigenvalue weighted by atomic mass is 16.5. The number of hydrogen-bond donors (Lipinski definition) is 1. The summed E-state index contributed by atoms with van der Waals surface area (Å²) in [5.41, 5.74) is 0. The van der Waals surface area contributed by atoms with E-state index in [1.54, 1.807) is 0 Å². The number of rotatable bonds is 4. The molecule has 0 bridgehead atoms. The van der Waals surface area contributed by atoms with Crippen LogP contribution in [-0.4, -0.2) is 41.8 Å². The Bertz CT molecular complexity index is 254. The average molecular weight is 229 g/mol. The van der Waals surface area contributed by atoms with E-state index in [1.807, 2.05) is 0 Å². The highest BCUT2D eigenvalue weighted by Gasteiger charge is 2.25. The number of carbonyl (C=O) groups excluding carboxylic acids is 1. The van der Waals surface area contributed by atoms with Crippen LogP contribution in [0.25, 0.3) is 0 Å². The maximum absolute atomic E-state index is 11.0. The van der Waals surface area contributed by atoms with Crippen LogP contribution < -0.4 is 0 Å². The number of likely N-dealkylation sites (tertiary alicyclic amines) is 1. The zero-order chi connectivity index (χ0) is 12.0. The molecule has 1 atom stereocenters. The lowest BCUT2D eigenvalue weighted by molar-refractivity contribution is -0.140. The molecule has 0 aromatic carbocycles. The van der Waals surface area contributed by atoms with Crippen molar-refractivity contribution in [3.63, 3.8) is 0 Å². The van der Waals surface area contributed by atoms with Crippen LogP contribution in [0.5, 0.6) is 0 Å². The SMILES string of the molecule is COC(=O)CCCC1CCCCN1C(=O)O. The van der Waals surface area contributed by atoms with Crippen LogP contribution >= 0.6 is 0 Å². The molecule has 5 heteroatoms. The van der Waals surface area contributed by atoms with E-state index in [0.29, 0.717) is 19.4 Å². The van der Waals surface area contributed by atoms with E-state index in [2.05, 4.69) is 4.74 Å². The summed E-state index contributed by atoms with van der Waals surface area (Å²) in [7, 11) is 1.37. The molecule has 1 amide bonds. The number of carbonyl (C=O) groups is 2. The van der Waals surface area contributed by atoms with E-state index in [1.165, 1.54) is 12.0 Å². The normalized spacial score (nSPS) is 20.6. The van der Waals surface area contributed by atoms with E-state index < -0.39 is 6.09 Å². The molecule has 0 radical (unpaired) electrons. The highest BCUT2D eigenvalue weighted by Crippen LogP contribution is 2.21. The minimum atomic E-state index is -0.845. The lowest BCUT2D eigenvalue weighted by Crippen LogP contribution is -2.42. The molecule has 1 unspecified atom stereocenters. The molecule has 1 aliphatic heterocycles. The van der Waals surface area contributed by atoms with E-state index in [9.17, 15) is 9.59 Å². The van der Waals surface area contributed by atoms with Crippen LogP contribution in [0.15, 0.2) is 0 Å². The topological polar surface area (TPSA) is 66.8 Å². The predicted octanol–water partition coefficient (Wildman–Crippen LogP) is 1.86. The van der Waals surface area contributed by atoms with Crippen molar-refractivity contribution in [2.45, 2.75) is 44.6 Å². The molecular weight excluding hydrogens is 210 g/mol. The van der Waals surface area contributed by atoms with Crippen molar-refractivity contribution in [3.05, 3.63) is 0 Å². The summed E-state index contributed by atoms with van der Waals surface area (Å²) in [5, 5.41) is 9.00. The van der Waals surface area contributed by atoms with E-state index in [-0.39, 0.29) is 12.0 Å². The molecule has 1 saturated heterocycles. The Kier molecular flexibility index (Phi) is 5.08. The standard InChI is InChI=1S/C11H19NO4/c1-16-10(13)7-4-6-9-5-2-3-8-12(9)11(14)15/h9H,2-8H2,1H3,(H,14,15). The largest absolute Gasteiger partial charge is 0.469 e. The molecule has 16 heavy (non-hydrogen) atoms. The van der Waals surface area contributed by atoms with Gasteiger partial charge in [0.05, 0.1) is 7.11 Å². The monoisotopic (exact) mass is 229 g/mol. The van der Waals surface area contributed by atoms with Gasteiger partial charge in [-0.3, -0.25) is 4.79 Å². The first kappa shape index (κ1) is 12.8. The average Bonchev–Trinajstić information content (AvgIpc) is 2.29. The molecule has 0 aliphatic carbocycles. The van der Waals surface area contributed by atoms with Gasteiger partial charge in [-0.25, -0.2) is 4.79 Å². The number of methoxy groups -OCH3 is 1. The smallest absolute Gasteiger partial charge is 0.407 e. The minimum absolute atomic E-state index is 0.0795. The minimum Gasteiger partial charge on any atom is -0.469 e. The first-order chi connectivity index (χ1) is 7.65. The zero-order valence-electron chi connectivity index (χ0n) is 9.65. The first-order valence-corrected chi connectivity index (χ1v) is 5.71. The number of hydrogen-bond acceptors (Lipinski definition) is 3. The molecular formula is C11H19NO4. The van der Waals surface area contributed by atoms with Gasteiger partial charge in [-0.2, -0.15) is 0 Å². The molecule has 0 aromatic heterocycles. The van der Waals surface area contributed by atoms with Gasteiger partial charge in [0, 0.05) is 19.0 Å². The summed E-state index contributed by atoms with van der Waals surface area (Å²) >= 11 is 0. The van der Waals surface area contributed by atoms with Crippen molar-refractivity contribution in [3.8, 4) is 0 Å². The summed E-state index contributed by atoms with van der Waals surface area (Å²) in [5.74, 6) is -0.224. The van der Waals surface area contributed by atoms with Crippen LogP contribution in [0.3, 0.4) is 0 Å². The van der Waals surface area contributed by atoms with Crippen molar-refractivity contribution in [1.82, 2.24) is 4.90 Å². The Morgan fingerprint density at radius 1 is 1.44 bits per heavy atom. The molecule has 1 fully saturated rings. The fourth-order valence-electron chi connectivity index (χ4n) is 2.14. The van der Waals surface area contributed by atoms with Crippen molar-refractivity contribution in [2.75, 3.05) is 13.7 Å². The van der Waals surface area contributed by atoms with Crippen LogP contribution in [0.1, 0.15) is 38.5 Å². The third-order valence-corrected chi connectivity index (χ3v) is 3.02. The second kappa shape index (κ2) is 6.35. The second-order valence-electron chi connectivity index (χ2n) is 4.09. The molecule has 0 aromatic rings. The third-order valence-electron chi connectivity index (χ3n) is 3.02. The van der Waals surface area contributed by atoms with Crippen LogP contribution in [0, 0.1) is 0 Å². The Morgan fingerprint density at radius 3 is 2.81 bits per heavy atom. The van der Waals surface area contributed by atoms with Gasteiger partial charge in [-0.1, -0.05) is 0 Å². The molecule has 1 rings (SSSR count). The summed E-state index contributed by atoms with van der Waals surface area (Å²) in [6.07, 6.45) is 3.91. The van der Waals surface area contributed by atoms with Crippen LogP contribution in [0.4, 0.5) is 4.79 Å². The maximum atomic E-state index is 11.0. The van der Waals surface area contributed by atoms with Crippen LogP contribution in [0.2, 0.25) is 0 Å². The number of carboxylic acid groups (broad SMARTS) is 1. The Labute approximate surface area is 95.4 Å². The lowest BCUT2D eigenvalue weighted by atomic mass is 9.98. The molecule has 5 nitrogen and oxygen atoms in total. The molecule has 92 valence electrons. The molecule has 1 heterocycles. The third kappa shape index (κ3) is 3.72. The van der Waals surface area contributed by atoms with Crippen molar-refractivity contribution in [2.24, 2.45) is 0 Å². The number of nitrogens with zero attached hydrogens (tertiary/aromatic N) is 1. The molecule has 0 saturated carbocycles. The Balaban J connectivity index is 2.32. The van der Waals surface area contributed by atoms with Gasteiger partial charge in [0.2, 0.25) is 0 Å². The number of esters is 1.